The number of nitrogens with zero attached hydrogens (tertiary/aromatic N) is 2. The lowest BCUT2D eigenvalue weighted by atomic mass is 10.00. The Labute approximate surface area is 87.6 Å². The molecule has 0 spiro atoms. The van der Waals surface area contributed by atoms with Crippen LogP contribution in [0.5, 0.6) is 0 Å². The van der Waals surface area contributed by atoms with Crippen molar-refractivity contribution in [2.24, 2.45) is 0 Å². The second-order valence-corrected chi connectivity index (χ2v) is 3.65. The van der Waals surface area contributed by atoms with Gasteiger partial charge in [-0.15, -0.1) is 21.8 Å². The molecule has 4 nitrogen and oxygen atoms in total. The largest absolute Gasteiger partial charge is 0.424 e. The number of hydrogen-bond donors (Lipinski definition) is 0. The number of aromatic nitrogens is 2. The Morgan fingerprint density at radius 2 is 2.36 bits per heavy atom. The van der Waals surface area contributed by atoms with Crippen LogP contribution in [0.2, 0.25) is 0 Å². The van der Waals surface area contributed by atoms with Crippen LogP contribution in [0, 0.1) is 0 Å². The van der Waals surface area contributed by atoms with E-state index in [4.69, 9.17) is 20.8 Å². The molecule has 1 aliphatic rings. The van der Waals surface area contributed by atoms with E-state index < -0.39 is 0 Å². The van der Waals surface area contributed by atoms with Crippen molar-refractivity contribution in [3.63, 3.8) is 0 Å². The van der Waals surface area contributed by atoms with Gasteiger partial charge in [0.2, 0.25) is 11.8 Å². The number of halogens is 1. The van der Waals surface area contributed by atoms with Gasteiger partial charge in [-0.1, -0.05) is 6.92 Å². The summed E-state index contributed by atoms with van der Waals surface area (Å²) in [7, 11) is 0. The molecule has 0 saturated carbocycles. The standard InChI is InChI=1S/C9H13ClN2O2/c1-2-7-6(3-4-13-7)9-12-11-8(5-10)14-9/h6-7H,2-5H2,1H3. The highest BCUT2D eigenvalue weighted by Gasteiger charge is 2.32. The maximum Gasteiger partial charge on any atom is 0.231 e. The second kappa shape index (κ2) is 4.28. The van der Waals surface area contributed by atoms with E-state index in [1.165, 1.54) is 0 Å². The zero-order valence-electron chi connectivity index (χ0n) is 8.07. The van der Waals surface area contributed by atoms with Gasteiger partial charge < -0.3 is 9.15 Å². The molecular weight excluding hydrogens is 204 g/mol. The Kier molecular flexibility index (Phi) is 3.03. The quantitative estimate of drug-likeness (QED) is 0.726. The van der Waals surface area contributed by atoms with Crippen molar-refractivity contribution < 1.29 is 9.15 Å². The fraction of sp³-hybridized carbons (Fsp3) is 0.778. The highest BCUT2D eigenvalue weighted by Crippen LogP contribution is 2.32. The number of hydrogen-bond acceptors (Lipinski definition) is 4. The normalized spacial score (nSPS) is 27.0. The minimum atomic E-state index is 0.221. The monoisotopic (exact) mass is 216 g/mol. The van der Waals surface area contributed by atoms with Gasteiger partial charge in [-0.05, 0) is 12.8 Å². The molecule has 2 unspecified atom stereocenters. The smallest absolute Gasteiger partial charge is 0.231 e. The van der Waals surface area contributed by atoms with Crippen LogP contribution in [0.4, 0.5) is 0 Å². The lowest BCUT2D eigenvalue weighted by molar-refractivity contribution is 0.0963. The van der Waals surface area contributed by atoms with Crippen molar-refractivity contribution >= 4 is 11.6 Å². The topological polar surface area (TPSA) is 48.2 Å². The van der Waals surface area contributed by atoms with Crippen LogP contribution in [0.15, 0.2) is 4.42 Å². The van der Waals surface area contributed by atoms with Gasteiger partial charge in [0.1, 0.15) is 5.88 Å². The first-order valence-electron chi connectivity index (χ1n) is 4.85. The van der Waals surface area contributed by atoms with Crippen LogP contribution in [-0.2, 0) is 10.6 Å². The number of alkyl halides is 1. The maximum absolute atomic E-state index is 5.59. The lowest BCUT2D eigenvalue weighted by Crippen LogP contribution is -2.13. The predicted octanol–water partition coefficient (Wildman–Crippen LogP) is 2.09. The molecule has 0 aromatic carbocycles. The first-order valence-corrected chi connectivity index (χ1v) is 5.38. The fourth-order valence-electron chi connectivity index (χ4n) is 1.80. The Morgan fingerprint density at radius 3 is 3.00 bits per heavy atom. The van der Waals surface area contributed by atoms with Gasteiger partial charge >= 0.3 is 0 Å². The molecule has 1 fully saturated rings. The fourth-order valence-corrected chi connectivity index (χ4v) is 1.91. The number of ether oxygens (including phenoxy) is 1. The van der Waals surface area contributed by atoms with Gasteiger partial charge in [-0.25, -0.2) is 0 Å². The van der Waals surface area contributed by atoms with Crippen LogP contribution < -0.4 is 0 Å². The molecule has 0 radical (unpaired) electrons. The molecule has 0 aliphatic carbocycles. The minimum absolute atomic E-state index is 0.221. The van der Waals surface area contributed by atoms with Crippen LogP contribution >= 0.6 is 11.6 Å². The van der Waals surface area contributed by atoms with E-state index in [9.17, 15) is 0 Å². The van der Waals surface area contributed by atoms with Gasteiger partial charge in [-0.2, -0.15) is 0 Å². The Hall–Kier alpha value is -0.610. The molecule has 2 heterocycles. The molecule has 1 aromatic rings. The third-order valence-electron chi connectivity index (χ3n) is 2.53. The summed E-state index contributed by atoms with van der Waals surface area (Å²) in [6.07, 6.45) is 2.16. The van der Waals surface area contributed by atoms with E-state index in [-0.39, 0.29) is 17.9 Å². The Balaban J connectivity index is 2.13. The summed E-state index contributed by atoms with van der Waals surface area (Å²) < 4.78 is 11.0. The van der Waals surface area contributed by atoms with Crippen LogP contribution in [0.1, 0.15) is 37.5 Å². The maximum atomic E-state index is 5.59. The van der Waals surface area contributed by atoms with Crippen molar-refractivity contribution in [1.82, 2.24) is 10.2 Å². The predicted molar refractivity (Wildman–Crippen MR) is 51.2 cm³/mol. The number of rotatable bonds is 3. The summed E-state index contributed by atoms with van der Waals surface area (Å²) in [4.78, 5) is 0. The Morgan fingerprint density at radius 1 is 1.50 bits per heavy atom. The van der Waals surface area contributed by atoms with E-state index in [2.05, 4.69) is 17.1 Å². The van der Waals surface area contributed by atoms with Gasteiger partial charge in [0.05, 0.1) is 12.0 Å². The summed E-state index contributed by atoms with van der Waals surface area (Å²) in [5.41, 5.74) is 0. The van der Waals surface area contributed by atoms with Gasteiger partial charge in [0, 0.05) is 6.61 Å². The highest BCUT2D eigenvalue weighted by atomic mass is 35.5. The second-order valence-electron chi connectivity index (χ2n) is 3.38. The molecule has 1 aromatic heterocycles. The summed E-state index contributed by atoms with van der Waals surface area (Å²) in [6, 6.07) is 0. The van der Waals surface area contributed by atoms with Crippen molar-refractivity contribution in [3.05, 3.63) is 11.8 Å². The Bertz CT molecular complexity index is 303. The van der Waals surface area contributed by atoms with E-state index >= 15 is 0 Å². The molecule has 78 valence electrons. The molecule has 2 rings (SSSR count). The average Bonchev–Trinajstić information content (AvgIpc) is 2.85. The summed E-state index contributed by atoms with van der Waals surface area (Å²) in [6.45, 7) is 2.88. The SMILES string of the molecule is CCC1OCCC1c1nnc(CCl)o1. The summed E-state index contributed by atoms with van der Waals surface area (Å²) in [5, 5.41) is 7.83. The van der Waals surface area contributed by atoms with Gasteiger partial charge in [0.15, 0.2) is 0 Å². The van der Waals surface area contributed by atoms with E-state index in [1.807, 2.05) is 0 Å². The molecule has 1 saturated heterocycles. The zero-order chi connectivity index (χ0) is 9.97. The molecule has 0 amide bonds. The van der Waals surface area contributed by atoms with Gasteiger partial charge in [-0.3, -0.25) is 0 Å². The first kappa shape index (κ1) is 9.93. The molecule has 0 N–H and O–H groups in total. The molecule has 1 aliphatic heterocycles. The van der Waals surface area contributed by atoms with E-state index in [0.717, 1.165) is 19.4 Å². The lowest BCUT2D eigenvalue weighted by Gasteiger charge is -2.11. The highest BCUT2D eigenvalue weighted by molar-refractivity contribution is 6.16. The van der Waals surface area contributed by atoms with Crippen molar-refractivity contribution in [3.8, 4) is 0 Å². The van der Waals surface area contributed by atoms with Crippen molar-refractivity contribution in [1.29, 1.82) is 0 Å². The molecule has 2 atom stereocenters. The minimum Gasteiger partial charge on any atom is -0.424 e. The molecule has 0 bridgehead atoms. The van der Waals surface area contributed by atoms with Crippen LogP contribution in [0.25, 0.3) is 0 Å². The average molecular weight is 217 g/mol. The molecule has 5 heteroatoms. The van der Waals surface area contributed by atoms with Crippen LogP contribution in [-0.4, -0.2) is 22.9 Å². The van der Waals surface area contributed by atoms with Crippen LogP contribution in [0.3, 0.4) is 0 Å². The van der Waals surface area contributed by atoms with Crippen molar-refractivity contribution in [2.45, 2.75) is 37.7 Å². The van der Waals surface area contributed by atoms with E-state index in [0.29, 0.717) is 11.8 Å². The third-order valence-corrected chi connectivity index (χ3v) is 2.75. The summed E-state index contributed by atoms with van der Waals surface area (Å²) in [5.74, 6) is 1.69. The van der Waals surface area contributed by atoms with Gasteiger partial charge in [0.25, 0.3) is 0 Å². The van der Waals surface area contributed by atoms with Crippen molar-refractivity contribution in [2.75, 3.05) is 6.61 Å². The third kappa shape index (κ3) is 1.77. The summed E-state index contributed by atoms with van der Waals surface area (Å²) >= 11 is 5.59. The van der Waals surface area contributed by atoms with E-state index in [1.54, 1.807) is 0 Å². The molecule has 14 heavy (non-hydrogen) atoms. The zero-order valence-corrected chi connectivity index (χ0v) is 8.83. The molecular formula is C9H13ClN2O2. The first-order chi connectivity index (χ1) is 6.85.